The van der Waals surface area contributed by atoms with Gasteiger partial charge in [0.2, 0.25) is 0 Å². The van der Waals surface area contributed by atoms with Crippen molar-refractivity contribution < 1.29 is 0 Å². The summed E-state index contributed by atoms with van der Waals surface area (Å²) in [5, 5.41) is 4.39. The Morgan fingerprint density at radius 2 is 0.931 bits per heavy atom. The third-order valence-corrected chi connectivity index (χ3v) is 11.6. The molecular formula is C28H29P. The first-order valence-electron chi connectivity index (χ1n) is 10.5. The second kappa shape index (κ2) is 8.76. The molecule has 4 aromatic rings. The summed E-state index contributed by atoms with van der Waals surface area (Å²) in [6.45, 7) is 4.65. The maximum absolute atomic E-state index is 2.43. The Kier molecular flexibility index (Phi) is 5.93. The molecule has 0 radical (unpaired) electrons. The van der Waals surface area contributed by atoms with Crippen LogP contribution in [0, 0.1) is 0 Å². The topological polar surface area (TPSA) is 0 Å². The molecule has 0 aliphatic heterocycles. The van der Waals surface area contributed by atoms with Gasteiger partial charge in [-0.15, -0.1) is 0 Å². The molecule has 4 aromatic carbocycles. The molecule has 0 aliphatic carbocycles. The van der Waals surface area contributed by atoms with Crippen LogP contribution in [0.1, 0.15) is 30.6 Å². The second-order valence-corrected chi connectivity index (χ2v) is 11.9. The Bertz CT molecular complexity index is 925. The van der Waals surface area contributed by atoms with Crippen LogP contribution in [0.4, 0.5) is 0 Å². The van der Waals surface area contributed by atoms with Gasteiger partial charge in [-0.25, -0.2) is 0 Å². The molecule has 0 nitrogen and oxygen atoms in total. The van der Waals surface area contributed by atoms with Crippen LogP contribution in [-0.2, 0) is 6.42 Å². The van der Waals surface area contributed by atoms with Gasteiger partial charge in [0.15, 0.2) is 0 Å². The standard InChI is InChI=1S/C28H29P/c1-3-24-19-21-25(22-20-24)23(2)29(26-13-7-4-8-14-26,27-15-9-5-10-16-27)28-17-11-6-12-18-28/h4-23,29H,3H2,1-2H3. The molecule has 0 aromatic heterocycles. The molecule has 0 saturated heterocycles. The van der Waals surface area contributed by atoms with Gasteiger partial charge in [0.25, 0.3) is 0 Å². The average Bonchev–Trinajstić information content (AvgIpc) is 2.82. The number of hydrogen-bond acceptors (Lipinski definition) is 0. The van der Waals surface area contributed by atoms with Gasteiger partial charge in [0, 0.05) is 0 Å². The molecule has 0 amide bonds. The first kappa shape index (κ1) is 19.6. The maximum atomic E-state index is 2.43. The fourth-order valence-corrected chi connectivity index (χ4v) is 9.99. The average molecular weight is 397 g/mol. The van der Waals surface area contributed by atoms with Crippen LogP contribution in [0.2, 0.25) is 0 Å². The summed E-state index contributed by atoms with van der Waals surface area (Å²) < 4.78 is 0. The molecule has 0 bridgehead atoms. The van der Waals surface area contributed by atoms with Crippen LogP contribution in [0.3, 0.4) is 0 Å². The summed E-state index contributed by atoms with van der Waals surface area (Å²) in [6.07, 6.45) is 1.08. The molecule has 1 heteroatoms. The normalized spacial score (nSPS) is 13.0. The predicted molar refractivity (Wildman–Crippen MR) is 131 cm³/mol. The summed E-state index contributed by atoms with van der Waals surface area (Å²) in [7, 11) is -2.30. The molecular weight excluding hydrogens is 367 g/mol. The molecule has 0 spiro atoms. The van der Waals surface area contributed by atoms with Crippen LogP contribution >= 0.6 is 7.26 Å². The third kappa shape index (κ3) is 3.66. The Morgan fingerprint density at radius 3 is 1.28 bits per heavy atom. The van der Waals surface area contributed by atoms with E-state index < -0.39 is 7.26 Å². The van der Waals surface area contributed by atoms with Gasteiger partial charge in [-0.1, -0.05) is 0 Å². The van der Waals surface area contributed by atoms with E-state index in [-0.39, 0.29) is 0 Å². The second-order valence-electron chi connectivity index (χ2n) is 7.72. The molecule has 0 aliphatic rings. The molecule has 29 heavy (non-hydrogen) atoms. The Labute approximate surface area is 175 Å². The van der Waals surface area contributed by atoms with Crippen molar-refractivity contribution in [3.05, 3.63) is 126 Å². The molecule has 0 saturated carbocycles. The van der Waals surface area contributed by atoms with Gasteiger partial charge in [-0.05, 0) is 0 Å². The van der Waals surface area contributed by atoms with Gasteiger partial charge in [-0.2, -0.15) is 0 Å². The molecule has 0 heterocycles. The van der Waals surface area contributed by atoms with Gasteiger partial charge in [0.1, 0.15) is 0 Å². The third-order valence-electron chi connectivity index (χ3n) is 6.22. The van der Waals surface area contributed by atoms with Crippen molar-refractivity contribution in [1.82, 2.24) is 0 Å². The fourth-order valence-electron chi connectivity index (χ4n) is 4.65. The van der Waals surface area contributed by atoms with E-state index in [0.717, 1.165) is 6.42 Å². The zero-order chi connectivity index (χ0) is 20.1. The zero-order valence-corrected chi connectivity index (χ0v) is 18.3. The first-order chi connectivity index (χ1) is 14.3. The van der Waals surface area contributed by atoms with Crippen LogP contribution < -0.4 is 15.9 Å². The van der Waals surface area contributed by atoms with Crippen LogP contribution in [-0.4, -0.2) is 0 Å². The van der Waals surface area contributed by atoms with Gasteiger partial charge in [0.05, 0.1) is 0 Å². The SMILES string of the molecule is CCc1ccc(C(C)[PH](c2ccccc2)(c2ccccc2)c2ccccc2)cc1. The van der Waals surface area contributed by atoms with Crippen LogP contribution in [0.15, 0.2) is 115 Å². The van der Waals surface area contributed by atoms with E-state index in [1.165, 1.54) is 27.0 Å². The van der Waals surface area contributed by atoms with Crippen molar-refractivity contribution in [2.24, 2.45) is 0 Å². The Morgan fingerprint density at radius 1 is 0.552 bits per heavy atom. The summed E-state index contributed by atoms with van der Waals surface area (Å²) in [6, 6.07) is 42.8. The molecule has 146 valence electrons. The van der Waals surface area contributed by atoms with E-state index in [2.05, 4.69) is 129 Å². The van der Waals surface area contributed by atoms with E-state index in [4.69, 9.17) is 0 Å². The first-order valence-corrected chi connectivity index (χ1v) is 12.6. The summed E-state index contributed by atoms with van der Waals surface area (Å²) >= 11 is 0. The van der Waals surface area contributed by atoms with Crippen molar-refractivity contribution in [3.63, 3.8) is 0 Å². The van der Waals surface area contributed by atoms with Crippen molar-refractivity contribution in [2.75, 3.05) is 0 Å². The number of benzene rings is 4. The van der Waals surface area contributed by atoms with E-state index in [1.807, 2.05) is 0 Å². The van der Waals surface area contributed by atoms with Crippen molar-refractivity contribution in [3.8, 4) is 0 Å². The predicted octanol–water partition coefficient (Wildman–Crippen LogP) is 6.04. The van der Waals surface area contributed by atoms with Gasteiger partial charge in [-0.3, -0.25) is 0 Å². The monoisotopic (exact) mass is 396 g/mol. The number of rotatable bonds is 6. The molecule has 1 atom stereocenters. The van der Waals surface area contributed by atoms with Crippen molar-refractivity contribution in [2.45, 2.75) is 25.9 Å². The molecule has 0 fully saturated rings. The Balaban J connectivity index is 2.01. The van der Waals surface area contributed by atoms with Gasteiger partial charge >= 0.3 is 175 Å². The summed E-state index contributed by atoms with van der Waals surface area (Å²) in [5.41, 5.74) is 3.22. The quantitative estimate of drug-likeness (QED) is 0.349. The number of aryl methyl sites for hydroxylation is 1. The van der Waals surface area contributed by atoms with Crippen molar-refractivity contribution in [1.29, 1.82) is 0 Å². The molecule has 0 N–H and O–H groups in total. The van der Waals surface area contributed by atoms with Crippen LogP contribution in [0.5, 0.6) is 0 Å². The zero-order valence-electron chi connectivity index (χ0n) is 17.3. The Hall–Kier alpha value is -2.69. The summed E-state index contributed by atoms with van der Waals surface area (Å²) in [4.78, 5) is 0. The van der Waals surface area contributed by atoms with Crippen molar-refractivity contribution >= 4 is 23.2 Å². The minimum atomic E-state index is -2.30. The minimum absolute atomic E-state index is 0.403. The van der Waals surface area contributed by atoms with Crippen LogP contribution in [0.25, 0.3) is 0 Å². The van der Waals surface area contributed by atoms with E-state index >= 15 is 0 Å². The van der Waals surface area contributed by atoms with E-state index in [0.29, 0.717) is 5.66 Å². The molecule has 4 rings (SSSR count). The van der Waals surface area contributed by atoms with Gasteiger partial charge < -0.3 is 0 Å². The fraction of sp³-hybridized carbons (Fsp3) is 0.143. The van der Waals surface area contributed by atoms with E-state index in [1.54, 1.807) is 0 Å². The molecule has 1 unspecified atom stereocenters. The summed E-state index contributed by atoms with van der Waals surface area (Å²) in [5.74, 6) is 0. The number of hydrogen-bond donors (Lipinski definition) is 0. The van der Waals surface area contributed by atoms with E-state index in [9.17, 15) is 0 Å².